The molecule has 0 aliphatic rings. The Morgan fingerprint density at radius 3 is 2.88 bits per heavy atom. The minimum absolute atomic E-state index is 0.130. The molecule has 0 aliphatic carbocycles. The Bertz CT molecular complexity index is 307. The van der Waals surface area contributed by atoms with Crippen molar-refractivity contribution < 1.29 is 9.84 Å². The lowest BCUT2D eigenvalue weighted by molar-refractivity contribution is 0.201. The molecule has 0 atom stereocenters. The van der Waals surface area contributed by atoms with Gasteiger partial charge >= 0.3 is 0 Å². The van der Waals surface area contributed by atoms with E-state index in [9.17, 15) is 0 Å². The highest BCUT2D eigenvalue weighted by Gasteiger charge is 2.06. The maximum Gasteiger partial charge on any atom is 0.132 e. The molecule has 1 rings (SSSR count). The van der Waals surface area contributed by atoms with Crippen LogP contribution in [-0.2, 0) is 11.2 Å². The molecule has 0 radical (unpaired) electrons. The summed E-state index contributed by atoms with van der Waals surface area (Å²) in [6.07, 6.45) is 2.34. The van der Waals surface area contributed by atoms with Crippen molar-refractivity contribution in [2.24, 2.45) is 0 Å². The number of rotatable bonds is 7. The van der Waals surface area contributed by atoms with Crippen molar-refractivity contribution >= 4 is 5.82 Å². The fourth-order valence-corrected chi connectivity index (χ4v) is 1.46. The second-order valence-electron chi connectivity index (χ2n) is 3.41. The van der Waals surface area contributed by atoms with Gasteiger partial charge < -0.3 is 14.7 Å². The Kier molecular flexibility index (Phi) is 5.74. The highest BCUT2D eigenvalue weighted by molar-refractivity contribution is 5.38. The van der Waals surface area contributed by atoms with E-state index in [1.807, 2.05) is 17.9 Å². The number of aliphatic hydroxyl groups excluding tert-OH is 1. The minimum atomic E-state index is 0.130. The molecule has 1 heterocycles. The van der Waals surface area contributed by atoms with E-state index in [1.54, 1.807) is 13.4 Å². The molecule has 0 saturated heterocycles. The van der Waals surface area contributed by atoms with Gasteiger partial charge in [-0.25, -0.2) is 9.97 Å². The molecular formula is C11H19N3O2. The average molecular weight is 225 g/mol. The first-order chi connectivity index (χ1) is 7.81. The van der Waals surface area contributed by atoms with Crippen LogP contribution >= 0.6 is 0 Å². The maximum atomic E-state index is 8.93. The van der Waals surface area contributed by atoms with Gasteiger partial charge in [-0.1, -0.05) is 0 Å². The number of methoxy groups -OCH3 is 1. The lowest BCUT2D eigenvalue weighted by atomic mass is 10.3. The van der Waals surface area contributed by atoms with E-state index in [-0.39, 0.29) is 6.61 Å². The molecule has 0 bridgehead atoms. The van der Waals surface area contributed by atoms with Gasteiger partial charge in [0.2, 0.25) is 0 Å². The first-order valence-electron chi connectivity index (χ1n) is 5.47. The predicted octanol–water partition coefficient (Wildman–Crippen LogP) is 0.484. The third kappa shape index (κ3) is 3.75. The van der Waals surface area contributed by atoms with E-state index in [0.717, 1.165) is 24.5 Å². The largest absolute Gasteiger partial charge is 0.395 e. The van der Waals surface area contributed by atoms with Crippen LogP contribution in [0.3, 0.4) is 0 Å². The van der Waals surface area contributed by atoms with Crippen molar-refractivity contribution in [2.45, 2.75) is 13.3 Å². The van der Waals surface area contributed by atoms with Crippen LogP contribution in [0.5, 0.6) is 0 Å². The van der Waals surface area contributed by atoms with Crippen molar-refractivity contribution in [2.75, 3.05) is 38.3 Å². The number of anilines is 1. The maximum absolute atomic E-state index is 8.93. The Hall–Kier alpha value is -1.20. The molecule has 1 aromatic heterocycles. The average Bonchev–Trinajstić information content (AvgIpc) is 2.33. The summed E-state index contributed by atoms with van der Waals surface area (Å²) in [7, 11) is 1.67. The Balaban J connectivity index is 2.71. The molecule has 0 unspecified atom stereocenters. The van der Waals surface area contributed by atoms with Crippen molar-refractivity contribution in [3.05, 3.63) is 18.1 Å². The summed E-state index contributed by atoms with van der Waals surface area (Å²) < 4.78 is 5.01. The van der Waals surface area contributed by atoms with Gasteiger partial charge in [-0.3, -0.25) is 0 Å². The Morgan fingerprint density at radius 2 is 2.25 bits per heavy atom. The highest BCUT2D eigenvalue weighted by atomic mass is 16.5. The Labute approximate surface area is 96.1 Å². The fourth-order valence-electron chi connectivity index (χ4n) is 1.46. The number of ether oxygens (including phenoxy) is 1. The minimum Gasteiger partial charge on any atom is -0.395 e. The number of nitrogens with zero attached hydrogens (tertiary/aromatic N) is 3. The van der Waals surface area contributed by atoms with Gasteiger partial charge in [-0.05, 0) is 6.92 Å². The first kappa shape index (κ1) is 12.9. The molecule has 1 aromatic rings. The van der Waals surface area contributed by atoms with Crippen LogP contribution in [0.4, 0.5) is 5.82 Å². The molecule has 0 amide bonds. The topological polar surface area (TPSA) is 58.5 Å². The van der Waals surface area contributed by atoms with E-state index in [1.165, 1.54) is 0 Å². The zero-order valence-electron chi connectivity index (χ0n) is 9.89. The van der Waals surface area contributed by atoms with Crippen LogP contribution in [-0.4, -0.2) is 48.5 Å². The van der Waals surface area contributed by atoms with E-state index >= 15 is 0 Å². The summed E-state index contributed by atoms with van der Waals surface area (Å²) in [6, 6.07) is 1.94. The van der Waals surface area contributed by atoms with Crippen LogP contribution in [0.25, 0.3) is 0 Å². The van der Waals surface area contributed by atoms with Gasteiger partial charge in [-0.15, -0.1) is 0 Å². The third-order valence-electron chi connectivity index (χ3n) is 2.35. The molecular weight excluding hydrogens is 206 g/mol. The molecule has 0 aromatic carbocycles. The summed E-state index contributed by atoms with van der Waals surface area (Å²) in [6.45, 7) is 4.24. The van der Waals surface area contributed by atoms with Gasteiger partial charge in [-0.2, -0.15) is 0 Å². The van der Waals surface area contributed by atoms with Crippen LogP contribution in [0.2, 0.25) is 0 Å². The van der Waals surface area contributed by atoms with E-state index in [2.05, 4.69) is 9.97 Å². The van der Waals surface area contributed by atoms with E-state index < -0.39 is 0 Å². The molecule has 0 aliphatic heterocycles. The number of aliphatic hydroxyl groups is 1. The highest BCUT2D eigenvalue weighted by Crippen LogP contribution is 2.10. The summed E-state index contributed by atoms with van der Waals surface area (Å²) in [5.74, 6) is 0.859. The number of aromatic nitrogens is 2. The lowest BCUT2D eigenvalue weighted by Crippen LogP contribution is -2.27. The van der Waals surface area contributed by atoms with Crippen molar-refractivity contribution in [1.82, 2.24) is 9.97 Å². The summed E-state index contributed by atoms with van der Waals surface area (Å²) in [4.78, 5) is 10.4. The summed E-state index contributed by atoms with van der Waals surface area (Å²) in [5.41, 5.74) is 0.961. The van der Waals surface area contributed by atoms with Crippen LogP contribution in [0, 0.1) is 0 Å². The number of hydrogen-bond acceptors (Lipinski definition) is 5. The molecule has 16 heavy (non-hydrogen) atoms. The zero-order chi connectivity index (χ0) is 11.8. The van der Waals surface area contributed by atoms with Crippen molar-refractivity contribution in [3.63, 3.8) is 0 Å². The predicted molar refractivity (Wildman–Crippen MR) is 62.6 cm³/mol. The van der Waals surface area contributed by atoms with Crippen molar-refractivity contribution in [1.29, 1.82) is 0 Å². The molecule has 5 heteroatoms. The van der Waals surface area contributed by atoms with E-state index in [4.69, 9.17) is 9.84 Å². The van der Waals surface area contributed by atoms with Gasteiger partial charge in [0.05, 0.1) is 13.2 Å². The van der Waals surface area contributed by atoms with Gasteiger partial charge in [0.15, 0.2) is 0 Å². The SMILES string of the molecule is CCN(CCO)c1cc(CCOC)ncn1. The molecule has 0 spiro atoms. The quantitative estimate of drug-likeness (QED) is 0.731. The van der Waals surface area contributed by atoms with E-state index in [0.29, 0.717) is 13.2 Å². The monoisotopic (exact) mass is 225 g/mol. The standard InChI is InChI=1S/C11H19N3O2/c1-3-14(5-6-15)11-8-10(4-7-16-2)12-9-13-11/h8-9,15H,3-7H2,1-2H3. The molecule has 0 saturated carbocycles. The summed E-state index contributed by atoms with van der Waals surface area (Å²) >= 11 is 0. The van der Waals surface area contributed by atoms with Crippen LogP contribution in [0.1, 0.15) is 12.6 Å². The summed E-state index contributed by atoms with van der Waals surface area (Å²) in [5, 5.41) is 8.93. The molecule has 90 valence electrons. The van der Waals surface area contributed by atoms with Gasteiger partial charge in [0.25, 0.3) is 0 Å². The third-order valence-corrected chi connectivity index (χ3v) is 2.35. The van der Waals surface area contributed by atoms with Crippen LogP contribution in [0.15, 0.2) is 12.4 Å². The lowest BCUT2D eigenvalue weighted by Gasteiger charge is -2.20. The normalized spacial score (nSPS) is 10.4. The molecule has 5 nitrogen and oxygen atoms in total. The second-order valence-corrected chi connectivity index (χ2v) is 3.41. The molecule has 0 fully saturated rings. The Morgan fingerprint density at radius 1 is 1.44 bits per heavy atom. The second kappa shape index (κ2) is 7.14. The smallest absolute Gasteiger partial charge is 0.132 e. The van der Waals surface area contributed by atoms with Crippen molar-refractivity contribution in [3.8, 4) is 0 Å². The number of hydrogen-bond donors (Lipinski definition) is 1. The number of likely N-dealkylation sites (N-methyl/N-ethyl adjacent to an activating group) is 1. The van der Waals surface area contributed by atoms with Gasteiger partial charge in [0.1, 0.15) is 12.1 Å². The van der Waals surface area contributed by atoms with Gasteiger partial charge in [0, 0.05) is 38.4 Å². The zero-order valence-corrected chi connectivity index (χ0v) is 9.89. The first-order valence-corrected chi connectivity index (χ1v) is 5.47. The van der Waals surface area contributed by atoms with Crippen LogP contribution < -0.4 is 4.90 Å². The molecule has 1 N–H and O–H groups in total. The fraction of sp³-hybridized carbons (Fsp3) is 0.636.